The van der Waals surface area contributed by atoms with Gasteiger partial charge in [-0.05, 0) is 43.7 Å². The van der Waals surface area contributed by atoms with Crippen molar-refractivity contribution in [3.63, 3.8) is 0 Å². The zero-order valence-electron chi connectivity index (χ0n) is 19.6. The molecule has 0 aliphatic heterocycles. The summed E-state index contributed by atoms with van der Waals surface area (Å²) < 4.78 is 7.67. The van der Waals surface area contributed by atoms with Crippen molar-refractivity contribution in [1.82, 2.24) is 29.5 Å². The third-order valence-electron chi connectivity index (χ3n) is 5.52. The van der Waals surface area contributed by atoms with Crippen molar-refractivity contribution >= 4 is 28.7 Å². The predicted molar refractivity (Wildman–Crippen MR) is 132 cm³/mol. The maximum Gasteiger partial charge on any atom is 0.338 e. The number of hydrogen-bond acceptors (Lipinski definition) is 7. The third-order valence-corrected chi connectivity index (χ3v) is 5.52. The van der Waals surface area contributed by atoms with Gasteiger partial charge >= 0.3 is 5.97 Å². The average molecular weight is 483 g/mol. The van der Waals surface area contributed by atoms with Gasteiger partial charge in [-0.2, -0.15) is 19.9 Å². The molecule has 0 unspecified atom stereocenters. The van der Waals surface area contributed by atoms with Crippen molar-refractivity contribution < 1.29 is 14.3 Å². The highest BCUT2D eigenvalue weighted by atomic mass is 16.5. The van der Waals surface area contributed by atoms with E-state index >= 15 is 0 Å². The van der Waals surface area contributed by atoms with Gasteiger partial charge in [0.25, 0.3) is 11.5 Å². The molecule has 1 amide bonds. The van der Waals surface area contributed by atoms with Crippen molar-refractivity contribution in [3.8, 4) is 11.6 Å². The van der Waals surface area contributed by atoms with Crippen molar-refractivity contribution in [3.05, 3.63) is 93.5 Å². The van der Waals surface area contributed by atoms with E-state index in [-0.39, 0.29) is 22.9 Å². The van der Waals surface area contributed by atoms with Gasteiger partial charge in [0.2, 0.25) is 5.95 Å². The Balaban J connectivity index is 1.58. The van der Waals surface area contributed by atoms with E-state index in [9.17, 15) is 14.4 Å². The van der Waals surface area contributed by atoms with Crippen LogP contribution in [0.1, 0.15) is 32.0 Å². The molecule has 2 N–H and O–H groups in total. The summed E-state index contributed by atoms with van der Waals surface area (Å²) in [4.78, 5) is 45.4. The number of esters is 1. The number of H-pyrrole nitrogens is 1. The van der Waals surface area contributed by atoms with Gasteiger partial charge in [0, 0.05) is 6.07 Å². The van der Waals surface area contributed by atoms with Crippen LogP contribution in [0, 0.1) is 13.8 Å². The number of anilines is 1. The second-order valence-corrected chi connectivity index (χ2v) is 8.10. The predicted octanol–water partition coefficient (Wildman–Crippen LogP) is 2.95. The molecule has 0 aliphatic rings. The Kier molecular flexibility index (Phi) is 5.65. The standard InChI is InChI=1S/C25H21N7O4/c1-14-7-6-8-16(11-14)31-21-19(13-26-31)23(34)29-25(28-21)32-20(12-15(2)30-32)27-22(33)17-9-4-5-10-18(17)24(35)36-3/h4-13H,1-3H3,(H,27,33)(H,28,29,34). The Labute approximate surface area is 204 Å². The Hall–Kier alpha value is -5.06. The first-order valence-electron chi connectivity index (χ1n) is 11.0. The molecule has 2 aromatic carbocycles. The van der Waals surface area contributed by atoms with Crippen molar-refractivity contribution in [1.29, 1.82) is 0 Å². The van der Waals surface area contributed by atoms with Crippen molar-refractivity contribution in [2.75, 3.05) is 12.4 Å². The minimum absolute atomic E-state index is 0.0894. The summed E-state index contributed by atoms with van der Waals surface area (Å²) in [6.45, 7) is 3.70. The molecule has 180 valence electrons. The number of ether oxygens (including phenoxy) is 1. The van der Waals surface area contributed by atoms with E-state index in [0.29, 0.717) is 16.7 Å². The maximum absolute atomic E-state index is 13.1. The van der Waals surface area contributed by atoms with Gasteiger partial charge in [0.05, 0.1) is 35.8 Å². The molecular formula is C25H21N7O4. The molecule has 0 fully saturated rings. The normalized spacial score (nSPS) is 11.0. The van der Waals surface area contributed by atoms with E-state index in [1.54, 1.807) is 29.8 Å². The molecule has 0 saturated heterocycles. The van der Waals surface area contributed by atoms with Gasteiger partial charge in [-0.1, -0.05) is 24.3 Å². The van der Waals surface area contributed by atoms with Crippen LogP contribution in [0.15, 0.2) is 65.6 Å². The Morgan fingerprint density at radius 1 is 1.00 bits per heavy atom. The van der Waals surface area contributed by atoms with Crippen LogP contribution >= 0.6 is 0 Å². The average Bonchev–Trinajstić information content (AvgIpc) is 3.47. The molecule has 0 atom stereocenters. The summed E-state index contributed by atoms with van der Waals surface area (Å²) in [6, 6.07) is 15.6. The van der Waals surface area contributed by atoms with Crippen LogP contribution in [0.2, 0.25) is 0 Å². The third kappa shape index (κ3) is 4.02. The van der Waals surface area contributed by atoms with Gasteiger partial charge in [-0.15, -0.1) is 0 Å². The van der Waals surface area contributed by atoms with Gasteiger partial charge < -0.3 is 10.1 Å². The van der Waals surface area contributed by atoms with E-state index in [1.807, 2.05) is 31.2 Å². The molecule has 0 saturated carbocycles. The van der Waals surface area contributed by atoms with Crippen LogP contribution in [0.4, 0.5) is 5.82 Å². The Bertz CT molecular complexity index is 1700. The van der Waals surface area contributed by atoms with Crippen molar-refractivity contribution in [2.24, 2.45) is 0 Å². The van der Waals surface area contributed by atoms with E-state index in [0.717, 1.165) is 11.3 Å². The summed E-state index contributed by atoms with van der Waals surface area (Å²) >= 11 is 0. The number of methoxy groups -OCH3 is 1. The number of aromatic amines is 1. The zero-order valence-corrected chi connectivity index (χ0v) is 19.6. The topological polar surface area (TPSA) is 137 Å². The molecule has 3 heterocycles. The molecule has 36 heavy (non-hydrogen) atoms. The van der Waals surface area contributed by atoms with Gasteiger partial charge in [0.1, 0.15) is 11.2 Å². The number of rotatable bonds is 5. The van der Waals surface area contributed by atoms with Gasteiger partial charge in [-0.25, -0.2) is 9.48 Å². The fourth-order valence-corrected chi connectivity index (χ4v) is 3.86. The number of hydrogen-bond donors (Lipinski definition) is 2. The second-order valence-electron chi connectivity index (χ2n) is 8.10. The number of benzene rings is 2. The lowest BCUT2D eigenvalue weighted by Gasteiger charge is -2.11. The first-order chi connectivity index (χ1) is 17.4. The lowest BCUT2D eigenvalue weighted by atomic mass is 10.1. The Morgan fingerprint density at radius 2 is 1.78 bits per heavy atom. The molecule has 0 aliphatic carbocycles. The van der Waals surface area contributed by atoms with Gasteiger partial charge in [0.15, 0.2) is 5.65 Å². The number of nitrogens with zero attached hydrogens (tertiary/aromatic N) is 5. The lowest BCUT2D eigenvalue weighted by molar-refractivity contribution is 0.0597. The highest BCUT2D eigenvalue weighted by Gasteiger charge is 2.21. The number of nitrogens with one attached hydrogen (secondary N) is 2. The van der Waals surface area contributed by atoms with E-state index in [1.165, 1.54) is 30.1 Å². The zero-order chi connectivity index (χ0) is 25.4. The number of carbonyl (C=O) groups is 2. The minimum Gasteiger partial charge on any atom is -0.465 e. The second kappa shape index (κ2) is 8.95. The molecule has 0 bridgehead atoms. The summed E-state index contributed by atoms with van der Waals surface area (Å²) in [5.41, 5.74) is 2.52. The molecule has 0 spiro atoms. The van der Waals surface area contributed by atoms with Crippen LogP contribution in [0.25, 0.3) is 22.7 Å². The first-order valence-corrected chi connectivity index (χ1v) is 11.0. The summed E-state index contributed by atoms with van der Waals surface area (Å²) in [5.74, 6) is -0.843. The SMILES string of the molecule is COC(=O)c1ccccc1C(=O)Nc1cc(C)nn1-c1nc2c(cnn2-c2cccc(C)c2)c(=O)[nH]1. The molecule has 11 heteroatoms. The quantitative estimate of drug-likeness (QED) is 0.367. The first kappa shape index (κ1) is 22.7. The van der Waals surface area contributed by atoms with E-state index in [4.69, 9.17) is 4.74 Å². The maximum atomic E-state index is 13.1. The number of carbonyl (C=O) groups excluding carboxylic acids is 2. The minimum atomic E-state index is -0.633. The highest BCUT2D eigenvalue weighted by molar-refractivity contribution is 6.10. The number of aryl methyl sites for hydroxylation is 2. The summed E-state index contributed by atoms with van der Waals surface area (Å²) in [6.07, 6.45) is 1.45. The molecule has 11 nitrogen and oxygen atoms in total. The number of amides is 1. The molecule has 0 radical (unpaired) electrons. The highest BCUT2D eigenvalue weighted by Crippen LogP contribution is 2.20. The molecule has 5 aromatic rings. The Morgan fingerprint density at radius 3 is 2.53 bits per heavy atom. The lowest BCUT2D eigenvalue weighted by Crippen LogP contribution is -2.21. The summed E-state index contributed by atoms with van der Waals surface area (Å²) in [5, 5.41) is 11.8. The van der Waals surface area contributed by atoms with Crippen LogP contribution in [-0.4, -0.2) is 48.5 Å². The largest absolute Gasteiger partial charge is 0.465 e. The number of fused-ring (bicyclic) bond motifs is 1. The van der Waals surface area contributed by atoms with Crippen LogP contribution in [0.3, 0.4) is 0 Å². The smallest absolute Gasteiger partial charge is 0.338 e. The molecule has 5 rings (SSSR count). The van der Waals surface area contributed by atoms with Crippen LogP contribution in [0.5, 0.6) is 0 Å². The fourth-order valence-electron chi connectivity index (χ4n) is 3.86. The van der Waals surface area contributed by atoms with Crippen molar-refractivity contribution in [2.45, 2.75) is 13.8 Å². The molecule has 3 aromatic heterocycles. The van der Waals surface area contributed by atoms with Crippen LogP contribution in [-0.2, 0) is 4.74 Å². The van der Waals surface area contributed by atoms with E-state index in [2.05, 4.69) is 25.5 Å². The van der Waals surface area contributed by atoms with E-state index < -0.39 is 17.4 Å². The van der Waals surface area contributed by atoms with Gasteiger partial charge in [-0.3, -0.25) is 14.6 Å². The summed E-state index contributed by atoms with van der Waals surface area (Å²) in [7, 11) is 1.25. The number of aromatic nitrogens is 6. The van der Waals surface area contributed by atoms with Crippen LogP contribution < -0.4 is 10.9 Å². The molecular weight excluding hydrogens is 462 g/mol. The fraction of sp³-hybridized carbons (Fsp3) is 0.120. The monoisotopic (exact) mass is 483 g/mol.